The number of rotatable bonds is 1. The molecular formula is CH6O4SSr. The standard InChI is InChI=1S/CH4O4S.Sr.2H/c1-6(3,4)5-2;;;/h2H,1H3;;;. The summed E-state index contributed by atoms with van der Waals surface area (Å²) in [5.74, 6) is 0. The van der Waals surface area contributed by atoms with E-state index in [4.69, 9.17) is 5.26 Å². The van der Waals surface area contributed by atoms with Crippen LogP contribution < -0.4 is 0 Å². The molecule has 0 aliphatic rings. The molecule has 0 aromatic rings. The van der Waals surface area contributed by atoms with Gasteiger partial charge in [0.1, 0.15) is 0 Å². The van der Waals surface area contributed by atoms with E-state index in [-0.39, 0.29) is 45.5 Å². The molecule has 0 aliphatic heterocycles. The molecule has 0 saturated carbocycles. The first kappa shape index (κ1) is 11.2. The van der Waals surface area contributed by atoms with Crippen LogP contribution in [0.5, 0.6) is 0 Å². The van der Waals surface area contributed by atoms with Gasteiger partial charge in [-0.3, -0.25) is 0 Å². The van der Waals surface area contributed by atoms with Crippen LogP contribution >= 0.6 is 0 Å². The third-order valence-electron chi connectivity index (χ3n) is 0.135. The maximum absolute atomic E-state index is 9.53. The summed E-state index contributed by atoms with van der Waals surface area (Å²) < 4.78 is 22.0. The Bertz CT molecular complexity index is 114. The predicted molar refractivity (Wildman–Crippen MR) is 27.1 cm³/mol. The summed E-state index contributed by atoms with van der Waals surface area (Å²) in [6, 6.07) is 0. The van der Waals surface area contributed by atoms with E-state index in [0.717, 1.165) is 6.26 Å². The molecule has 6 heteroatoms. The Balaban J connectivity index is 0. The first-order chi connectivity index (χ1) is 2.56. The molecule has 0 fully saturated rings. The van der Waals surface area contributed by atoms with Crippen molar-refractivity contribution in [3.8, 4) is 0 Å². The molecule has 0 atom stereocenters. The summed E-state index contributed by atoms with van der Waals surface area (Å²) in [5.41, 5.74) is 0. The summed E-state index contributed by atoms with van der Waals surface area (Å²) in [5, 5.41) is 7.31. The summed E-state index contributed by atoms with van der Waals surface area (Å²) in [7, 11) is -3.61. The minimum absolute atomic E-state index is 0. The molecule has 0 aromatic carbocycles. The van der Waals surface area contributed by atoms with Crippen molar-refractivity contribution >= 4 is 55.6 Å². The molecule has 0 aromatic heterocycles. The normalized spacial score (nSPS) is 10.0. The molecule has 0 saturated heterocycles. The van der Waals surface area contributed by atoms with Crippen LogP contribution in [-0.4, -0.2) is 65.4 Å². The SMILES string of the molecule is CS(=O)(=O)OO.[SrH2]. The van der Waals surface area contributed by atoms with E-state index < -0.39 is 10.1 Å². The van der Waals surface area contributed by atoms with Gasteiger partial charge in [-0.15, -0.1) is 4.33 Å². The van der Waals surface area contributed by atoms with Gasteiger partial charge >= 0.3 is 45.5 Å². The minimum atomic E-state index is -3.61. The Hall–Kier alpha value is 1.35. The Labute approximate surface area is 78.8 Å². The van der Waals surface area contributed by atoms with Crippen LogP contribution in [-0.2, 0) is 14.5 Å². The quantitative estimate of drug-likeness (QED) is 0.319. The van der Waals surface area contributed by atoms with Crippen LogP contribution in [0.15, 0.2) is 0 Å². The second-order valence-electron chi connectivity index (χ2n) is 0.779. The van der Waals surface area contributed by atoms with Gasteiger partial charge in [0.05, 0.1) is 6.26 Å². The third-order valence-corrected chi connectivity index (χ3v) is 0.406. The monoisotopic (exact) mass is 202 g/mol. The molecule has 0 aliphatic carbocycles. The van der Waals surface area contributed by atoms with Gasteiger partial charge in [-0.05, 0) is 0 Å². The zero-order chi connectivity index (χ0) is 5.21. The Morgan fingerprint density at radius 3 is 1.71 bits per heavy atom. The molecule has 4 nitrogen and oxygen atoms in total. The fourth-order valence-electron chi connectivity index (χ4n) is 0. The van der Waals surface area contributed by atoms with Gasteiger partial charge in [0.15, 0.2) is 0 Å². The topological polar surface area (TPSA) is 63.6 Å². The molecule has 0 radical (unpaired) electrons. The van der Waals surface area contributed by atoms with Crippen LogP contribution in [0.2, 0.25) is 0 Å². The third kappa shape index (κ3) is 11.1. The molecule has 0 rings (SSSR count). The van der Waals surface area contributed by atoms with Gasteiger partial charge in [-0.2, -0.15) is 8.42 Å². The van der Waals surface area contributed by atoms with Crippen molar-refractivity contribution in [1.29, 1.82) is 0 Å². The molecule has 0 unspecified atom stereocenters. The van der Waals surface area contributed by atoms with Crippen LogP contribution in [0, 0.1) is 0 Å². The van der Waals surface area contributed by atoms with Crippen LogP contribution in [0.1, 0.15) is 0 Å². The van der Waals surface area contributed by atoms with Crippen molar-refractivity contribution in [2.75, 3.05) is 6.26 Å². The second kappa shape index (κ2) is 4.25. The van der Waals surface area contributed by atoms with Crippen LogP contribution in [0.3, 0.4) is 0 Å². The van der Waals surface area contributed by atoms with E-state index in [1.165, 1.54) is 0 Å². The Kier molecular flexibility index (Phi) is 6.79. The zero-order valence-corrected chi connectivity index (χ0v) is 3.90. The van der Waals surface area contributed by atoms with Gasteiger partial charge in [0.25, 0.3) is 10.1 Å². The maximum atomic E-state index is 9.53. The summed E-state index contributed by atoms with van der Waals surface area (Å²) in [6.45, 7) is 0. The second-order valence-corrected chi connectivity index (χ2v) is 2.34. The first-order valence-corrected chi connectivity index (χ1v) is 2.91. The van der Waals surface area contributed by atoms with Crippen molar-refractivity contribution < 1.29 is 18.0 Å². The van der Waals surface area contributed by atoms with E-state index in [1.54, 1.807) is 0 Å². The van der Waals surface area contributed by atoms with Crippen molar-refractivity contribution in [3.05, 3.63) is 0 Å². The van der Waals surface area contributed by atoms with Crippen LogP contribution in [0.25, 0.3) is 0 Å². The van der Waals surface area contributed by atoms with Gasteiger partial charge in [0, 0.05) is 0 Å². The van der Waals surface area contributed by atoms with Gasteiger partial charge < -0.3 is 0 Å². The molecule has 42 valence electrons. The first-order valence-electron chi connectivity index (χ1n) is 1.09. The van der Waals surface area contributed by atoms with Gasteiger partial charge in [-0.1, -0.05) is 0 Å². The van der Waals surface area contributed by atoms with Gasteiger partial charge in [-0.25, -0.2) is 5.26 Å². The fraction of sp³-hybridized carbons (Fsp3) is 1.00. The van der Waals surface area contributed by atoms with Crippen molar-refractivity contribution in [2.24, 2.45) is 0 Å². The van der Waals surface area contributed by atoms with Crippen molar-refractivity contribution in [3.63, 3.8) is 0 Å². The zero-order valence-electron chi connectivity index (χ0n) is 3.08. The van der Waals surface area contributed by atoms with Crippen LogP contribution in [0.4, 0.5) is 0 Å². The molecule has 0 spiro atoms. The van der Waals surface area contributed by atoms with E-state index >= 15 is 0 Å². The molecule has 0 heterocycles. The van der Waals surface area contributed by atoms with E-state index in [2.05, 4.69) is 4.33 Å². The Morgan fingerprint density at radius 1 is 1.57 bits per heavy atom. The Morgan fingerprint density at radius 2 is 1.71 bits per heavy atom. The fourth-order valence-corrected chi connectivity index (χ4v) is 0. The number of hydrogen-bond acceptors (Lipinski definition) is 4. The summed E-state index contributed by atoms with van der Waals surface area (Å²) >= 11 is 0. The molecule has 0 amide bonds. The summed E-state index contributed by atoms with van der Waals surface area (Å²) in [4.78, 5) is 0. The average molecular weight is 202 g/mol. The molecule has 0 bridgehead atoms. The molecular weight excluding hydrogens is 196 g/mol. The number of hydrogen-bond donors (Lipinski definition) is 1. The van der Waals surface area contributed by atoms with Crippen molar-refractivity contribution in [2.45, 2.75) is 0 Å². The van der Waals surface area contributed by atoms with Crippen molar-refractivity contribution in [1.82, 2.24) is 0 Å². The van der Waals surface area contributed by atoms with E-state index in [0.29, 0.717) is 0 Å². The molecule has 1 N–H and O–H groups in total. The average Bonchev–Trinajstić information content (AvgIpc) is 1.35. The van der Waals surface area contributed by atoms with Gasteiger partial charge in [0.2, 0.25) is 0 Å². The molecule has 7 heavy (non-hydrogen) atoms. The summed E-state index contributed by atoms with van der Waals surface area (Å²) in [6.07, 6.45) is 0.743. The van der Waals surface area contributed by atoms with E-state index in [1.807, 2.05) is 0 Å². The van der Waals surface area contributed by atoms with E-state index in [9.17, 15) is 8.42 Å². The predicted octanol–water partition coefficient (Wildman–Crippen LogP) is -1.48.